The van der Waals surface area contributed by atoms with E-state index in [1.165, 1.54) is 10.4 Å². The molecule has 6 nitrogen and oxygen atoms in total. The summed E-state index contributed by atoms with van der Waals surface area (Å²) in [5.41, 5.74) is 1.90. The molecule has 4 rings (SSSR count). The van der Waals surface area contributed by atoms with Crippen molar-refractivity contribution in [2.45, 2.75) is 30.7 Å². The average molecular weight is 422 g/mol. The topological polar surface area (TPSA) is 76.3 Å². The van der Waals surface area contributed by atoms with Crippen molar-refractivity contribution in [2.75, 3.05) is 6.54 Å². The van der Waals surface area contributed by atoms with Gasteiger partial charge in [-0.05, 0) is 38.0 Å². The number of aromatic nitrogens is 2. The molecular weight excluding hydrogens is 405 g/mol. The molecule has 1 atom stereocenters. The van der Waals surface area contributed by atoms with E-state index in [0.29, 0.717) is 25.2 Å². The zero-order valence-electron chi connectivity index (χ0n) is 15.0. The molecule has 0 aliphatic carbocycles. The number of hydrogen-bond acceptors (Lipinski definition) is 5. The number of hydrogen-bond donors (Lipinski definition) is 0. The Labute approximate surface area is 167 Å². The van der Waals surface area contributed by atoms with Gasteiger partial charge in [0.15, 0.2) is 0 Å². The number of rotatable bonds is 4. The van der Waals surface area contributed by atoms with Crippen LogP contribution in [0.2, 0.25) is 5.02 Å². The standard InChI is InChI=1S/C19H17ClFN3O3S/c1-12-4-6-13(7-5-12)18-22-19(27-23-18)17-3-2-10-24(17)28(25,26)14-8-9-16(21)15(20)11-14/h4-9,11,17H,2-3,10H2,1H3. The molecule has 1 aromatic heterocycles. The van der Waals surface area contributed by atoms with Gasteiger partial charge in [0.1, 0.15) is 11.9 Å². The van der Waals surface area contributed by atoms with Crippen molar-refractivity contribution in [1.82, 2.24) is 14.4 Å². The highest BCUT2D eigenvalue weighted by atomic mass is 35.5. The molecule has 2 heterocycles. The van der Waals surface area contributed by atoms with Gasteiger partial charge in [-0.3, -0.25) is 0 Å². The summed E-state index contributed by atoms with van der Waals surface area (Å²) >= 11 is 5.76. The average Bonchev–Trinajstić information content (AvgIpc) is 3.33. The Kier molecular flexibility index (Phi) is 4.95. The van der Waals surface area contributed by atoms with Crippen LogP contribution in [0, 0.1) is 12.7 Å². The van der Waals surface area contributed by atoms with Gasteiger partial charge in [0.25, 0.3) is 0 Å². The van der Waals surface area contributed by atoms with Crippen LogP contribution in [0.4, 0.5) is 4.39 Å². The second kappa shape index (κ2) is 7.27. The van der Waals surface area contributed by atoms with Gasteiger partial charge in [0.2, 0.25) is 21.7 Å². The lowest BCUT2D eigenvalue weighted by molar-refractivity contribution is 0.290. The molecule has 146 valence electrons. The molecule has 3 aromatic rings. The molecular formula is C19H17ClFN3O3S. The third kappa shape index (κ3) is 3.43. The Balaban J connectivity index is 1.65. The maximum Gasteiger partial charge on any atom is 0.245 e. The third-order valence-corrected chi connectivity index (χ3v) is 6.93. The van der Waals surface area contributed by atoms with Gasteiger partial charge >= 0.3 is 0 Å². The Morgan fingerprint density at radius 2 is 1.96 bits per heavy atom. The predicted molar refractivity (Wildman–Crippen MR) is 102 cm³/mol. The van der Waals surface area contributed by atoms with Crippen molar-refractivity contribution < 1.29 is 17.3 Å². The van der Waals surface area contributed by atoms with Crippen molar-refractivity contribution in [3.8, 4) is 11.4 Å². The predicted octanol–water partition coefficient (Wildman–Crippen LogP) is 4.36. The molecule has 1 aliphatic heterocycles. The van der Waals surface area contributed by atoms with E-state index in [-0.39, 0.29) is 15.8 Å². The van der Waals surface area contributed by atoms with Crippen LogP contribution in [0.25, 0.3) is 11.4 Å². The number of halogens is 2. The second-order valence-electron chi connectivity index (χ2n) is 6.67. The number of nitrogens with zero attached hydrogens (tertiary/aromatic N) is 3. The summed E-state index contributed by atoms with van der Waals surface area (Å²) in [6.45, 7) is 2.29. The van der Waals surface area contributed by atoms with Gasteiger partial charge in [-0.2, -0.15) is 9.29 Å². The van der Waals surface area contributed by atoms with E-state index < -0.39 is 21.9 Å². The van der Waals surface area contributed by atoms with Gasteiger partial charge in [0.05, 0.1) is 9.92 Å². The summed E-state index contributed by atoms with van der Waals surface area (Å²) in [6.07, 6.45) is 1.21. The van der Waals surface area contributed by atoms with Crippen molar-refractivity contribution in [1.29, 1.82) is 0 Å². The normalized spacial score (nSPS) is 17.9. The van der Waals surface area contributed by atoms with E-state index in [1.807, 2.05) is 31.2 Å². The molecule has 1 aliphatic rings. The van der Waals surface area contributed by atoms with Gasteiger partial charge in [-0.1, -0.05) is 46.6 Å². The zero-order chi connectivity index (χ0) is 19.9. The van der Waals surface area contributed by atoms with Crippen LogP contribution < -0.4 is 0 Å². The summed E-state index contributed by atoms with van der Waals surface area (Å²) in [7, 11) is -3.88. The molecule has 9 heteroatoms. The minimum absolute atomic E-state index is 0.0657. The van der Waals surface area contributed by atoms with Gasteiger partial charge < -0.3 is 4.52 Å². The SMILES string of the molecule is Cc1ccc(-c2noc(C3CCCN3S(=O)(=O)c3ccc(F)c(Cl)c3)n2)cc1. The molecule has 2 aromatic carbocycles. The maximum absolute atomic E-state index is 13.4. The van der Waals surface area contributed by atoms with Crippen LogP contribution in [0.15, 0.2) is 51.9 Å². The lowest BCUT2D eigenvalue weighted by atomic mass is 10.1. The fourth-order valence-corrected chi connectivity index (χ4v) is 5.16. The lowest BCUT2D eigenvalue weighted by Crippen LogP contribution is -2.30. The summed E-state index contributed by atoms with van der Waals surface area (Å²) in [4.78, 5) is 4.35. The molecule has 0 bridgehead atoms. The minimum atomic E-state index is -3.88. The largest absolute Gasteiger partial charge is 0.337 e. The Hall–Kier alpha value is -2.29. The molecule has 0 spiro atoms. The number of aryl methyl sites for hydroxylation is 1. The van der Waals surface area contributed by atoms with Crippen LogP contribution in [-0.2, 0) is 10.0 Å². The monoisotopic (exact) mass is 421 g/mol. The second-order valence-corrected chi connectivity index (χ2v) is 8.97. The molecule has 0 amide bonds. The van der Waals surface area contributed by atoms with E-state index in [9.17, 15) is 12.8 Å². The van der Waals surface area contributed by atoms with Crippen molar-refractivity contribution >= 4 is 21.6 Å². The Morgan fingerprint density at radius 1 is 1.21 bits per heavy atom. The molecule has 1 saturated heterocycles. The van der Waals surface area contributed by atoms with Crippen LogP contribution in [-0.4, -0.2) is 29.4 Å². The smallest absolute Gasteiger partial charge is 0.245 e. The molecule has 28 heavy (non-hydrogen) atoms. The van der Waals surface area contributed by atoms with Gasteiger partial charge in [0, 0.05) is 12.1 Å². The minimum Gasteiger partial charge on any atom is -0.337 e. The summed E-state index contributed by atoms with van der Waals surface area (Å²) < 4.78 is 46.2. The van der Waals surface area contributed by atoms with E-state index in [2.05, 4.69) is 10.1 Å². The molecule has 0 radical (unpaired) electrons. The van der Waals surface area contributed by atoms with E-state index in [4.69, 9.17) is 16.1 Å². The molecule has 1 fully saturated rings. The lowest BCUT2D eigenvalue weighted by Gasteiger charge is -2.21. The van der Waals surface area contributed by atoms with E-state index in [1.54, 1.807) is 0 Å². The fraction of sp³-hybridized carbons (Fsp3) is 0.263. The molecule has 0 saturated carbocycles. The maximum atomic E-state index is 13.4. The van der Waals surface area contributed by atoms with Crippen LogP contribution in [0.5, 0.6) is 0 Å². The zero-order valence-corrected chi connectivity index (χ0v) is 16.5. The highest BCUT2D eigenvalue weighted by molar-refractivity contribution is 7.89. The first-order valence-electron chi connectivity index (χ1n) is 8.74. The quantitative estimate of drug-likeness (QED) is 0.625. The Morgan fingerprint density at radius 3 is 2.68 bits per heavy atom. The highest BCUT2D eigenvalue weighted by Crippen LogP contribution is 2.37. The van der Waals surface area contributed by atoms with Crippen molar-refractivity contribution in [3.05, 3.63) is 64.8 Å². The van der Waals surface area contributed by atoms with E-state index >= 15 is 0 Å². The van der Waals surface area contributed by atoms with Crippen LogP contribution in [0.3, 0.4) is 0 Å². The third-order valence-electron chi connectivity index (χ3n) is 4.74. The summed E-state index contributed by atoms with van der Waals surface area (Å²) in [5.74, 6) is -0.0211. The van der Waals surface area contributed by atoms with Gasteiger partial charge in [-0.15, -0.1) is 0 Å². The first-order valence-corrected chi connectivity index (χ1v) is 10.6. The van der Waals surface area contributed by atoms with E-state index in [0.717, 1.165) is 23.3 Å². The summed E-state index contributed by atoms with van der Waals surface area (Å²) in [6, 6.07) is 10.4. The van der Waals surface area contributed by atoms with Gasteiger partial charge in [-0.25, -0.2) is 12.8 Å². The molecule has 1 unspecified atom stereocenters. The number of sulfonamides is 1. The fourth-order valence-electron chi connectivity index (χ4n) is 3.24. The van der Waals surface area contributed by atoms with Crippen LogP contribution >= 0.6 is 11.6 Å². The Bertz CT molecular complexity index is 1120. The van der Waals surface area contributed by atoms with Crippen molar-refractivity contribution in [3.63, 3.8) is 0 Å². The highest BCUT2D eigenvalue weighted by Gasteiger charge is 2.39. The van der Waals surface area contributed by atoms with Crippen LogP contribution in [0.1, 0.15) is 30.3 Å². The number of benzene rings is 2. The first-order chi connectivity index (χ1) is 13.4. The first kappa shape index (κ1) is 19.0. The molecule has 0 N–H and O–H groups in total. The van der Waals surface area contributed by atoms with Crippen molar-refractivity contribution in [2.24, 2.45) is 0 Å². The summed E-state index contributed by atoms with van der Waals surface area (Å²) in [5, 5.41) is 3.76.